The molecule has 4 aromatic rings. The molecule has 0 bridgehead atoms. The SMILES string of the molecule is CC(C)(C)CC(NC(=O)c1ccc2[nH]nc(-c3ccc(N4CC(N5CCOCC5)C4)cc3)c2c1)c1ccccc1. The predicted molar refractivity (Wildman–Crippen MR) is 161 cm³/mol. The van der Waals surface area contributed by atoms with Gasteiger partial charge >= 0.3 is 0 Å². The Kier molecular flexibility index (Phi) is 7.34. The highest BCUT2D eigenvalue weighted by molar-refractivity contribution is 6.01. The van der Waals surface area contributed by atoms with Crippen molar-refractivity contribution in [3.63, 3.8) is 0 Å². The Balaban J connectivity index is 1.17. The van der Waals surface area contributed by atoms with Crippen molar-refractivity contribution in [2.45, 2.75) is 39.3 Å². The maximum absolute atomic E-state index is 13.5. The Morgan fingerprint density at radius 2 is 1.75 bits per heavy atom. The number of anilines is 1. The Morgan fingerprint density at radius 1 is 1.02 bits per heavy atom. The van der Waals surface area contributed by atoms with Gasteiger partial charge in [-0.25, -0.2) is 0 Å². The van der Waals surface area contributed by atoms with Crippen LogP contribution in [0, 0.1) is 5.41 Å². The Hall–Kier alpha value is -3.68. The van der Waals surface area contributed by atoms with Crippen molar-refractivity contribution < 1.29 is 9.53 Å². The number of benzene rings is 3. The normalized spacial score (nSPS) is 17.5. The molecule has 3 heterocycles. The van der Waals surface area contributed by atoms with Crippen LogP contribution in [0.3, 0.4) is 0 Å². The second-order valence-corrected chi connectivity index (χ2v) is 12.3. The van der Waals surface area contributed by atoms with E-state index < -0.39 is 0 Å². The van der Waals surface area contributed by atoms with Crippen molar-refractivity contribution in [3.8, 4) is 11.3 Å². The van der Waals surface area contributed by atoms with Crippen molar-refractivity contribution in [1.82, 2.24) is 20.4 Å². The average molecular weight is 538 g/mol. The molecule has 6 rings (SSSR count). The van der Waals surface area contributed by atoms with Crippen LogP contribution in [0.15, 0.2) is 72.8 Å². The molecule has 1 amide bonds. The van der Waals surface area contributed by atoms with Crippen LogP contribution in [0.1, 0.15) is 49.2 Å². The molecular formula is C33H39N5O2. The van der Waals surface area contributed by atoms with E-state index in [0.717, 1.165) is 73.5 Å². The first kappa shape index (κ1) is 26.5. The van der Waals surface area contributed by atoms with Crippen LogP contribution in [0.2, 0.25) is 0 Å². The van der Waals surface area contributed by atoms with Gasteiger partial charge in [-0.05, 0) is 47.7 Å². The van der Waals surface area contributed by atoms with Gasteiger partial charge in [-0.1, -0.05) is 63.2 Å². The minimum Gasteiger partial charge on any atom is -0.379 e. The number of hydrogen-bond acceptors (Lipinski definition) is 5. The van der Waals surface area contributed by atoms with Crippen LogP contribution in [0.5, 0.6) is 0 Å². The van der Waals surface area contributed by atoms with Crippen molar-refractivity contribution in [1.29, 1.82) is 0 Å². The van der Waals surface area contributed by atoms with Crippen LogP contribution in [-0.4, -0.2) is 66.4 Å². The number of ether oxygens (including phenoxy) is 1. The number of aromatic nitrogens is 2. The lowest BCUT2D eigenvalue weighted by Gasteiger charge is -2.47. The Morgan fingerprint density at radius 3 is 2.45 bits per heavy atom. The molecule has 0 aliphatic carbocycles. The van der Waals surface area contributed by atoms with Gasteiger partial charge in [0.1, 0.15) is 0 Å². The van der Waals surface area contributed by atoms with Gasteiger partial charge in [0, 0.05) is 54.4 Å². The Labute approximate surface area is 236 Å². The summed E-state index contributed by atoms with van der Waals surface area (Å²) in [6.07, 6.45) is 0.846. The van der Waals surface area contributed by atoms with Gasteiger partial charge < -0.3 is 15.0 Å². The molecule has 208 valence electrons. The summed E-state index contributed by atoms with van der Waals surface area (Å²) in [6.45, 7) is 12.5. The first-order chi connectivity index (χ1) is 19.3. The molecule has 2 saturated heterocycles. The maximum Gasteiger partial charge on any atom is 0.251 e. The van der Waals surface area contributed by atoms with Gasteiger partial charge in [0.05, 0.1) is 30.5 Å². The van der Waals surface area contributed by atoms with Crippen LogP contribution in [-0.2, 0) is 4.74 Å². The molecule has 7 nitrogen and oxygen atoms in total. The molecule has 40 heavy (non-hydrogen) atoms. The van der Waals surface area contributed by atoms with Crippen LogP contribution >= 0.6 is 0 Å². The molecule has 0 radical (unpaired) electrons. The average Bonchev–Trinajstić information content (AvgIpc) is 3.36. The highest BCUT2D eigenvalue weighted by atomic mass is 16.5. The lowest BCUT2D eigenvalue weighted by molar-refractivity contribution is 0.0105. The zero-order valence-corrected chi connectivity index (χ0v) is 23.7. The predicted octanol–water partition coefficient (Wildman–Crippen LogP) is 5.66. The summed E-state index contributed by atoms with van der Waals surface area (Å²) in [6, 6.07) is 25.2. The van der Waals surface area contributed by atoms with E-state index in [0.29, 0.717) is 11.6 Å². The summed E-state index contributed by atoms with van der Waals surface area (Å²) >= 11 is 0. The Bertz CT molecular complexity index is 1450. The smallest absolute Gasteiger partial charge is 0.251 e. The minimum atomic E-state index is -0.0740. The number of fused-ring (bicyclic) bond motifs is 1. The summed E-state index contributed by atoms with van der Waals surface area (Å²) in [5.41, 5.74) is 5.87. The largest absolute Gasteiger partial charge is 0.379 e. The third kappa shape index (κ3) is 5.76. The molecule has 2 N–H and O–H groups in total. The number of nitrogens with zero attached hydrogens (tertiary/aromatic N) is 3. The van der Waals surface area contributed by atoms with E-state index >= 15 is 0 Å². The number of H-pyrrole nitrogens is 1. The first-order valence-corrected chi connectivity index (χ1v) is 14.4. The van der Waals surface area contributed by atoms with Gasteiger partial charge in [-0.3, -0.25) is 14.8 Å². The second-order valence-electron chi connectivity index (χ2n) is 12.3. The fourth-order valence-electron chi connectivity index (χ4n) is 5.84. The highest BCUT2D eigenvalue weighted by Gasteiger charge is 2.32. The molecule has 7 heteroatoms. The van der Waals surface area contributed by atoms with Gasteiger partial charge in [-0.15, -0.1) is 0 Å². The van der Waals surface area contributed by atoms with E-state index in [4.69, 9.17) is 4.74 Å². The second kappa shape index (κ2) is 11.1. The topological polar surface area (TPSA) is 73.5 Å². The van der Waals surface area contributed by atoms with Crippen molar-refractivity contribution in [2.24, 2.45) is 5.41 Å². The van der Waals surface area contributed by atoms with E-state index in [1.807, 2.05) is 36.4 Å². The summed E-state index contributed by atoms with van der Waals surface area (Å²) in [4.78, 5) is 18.4. The van der Waals surface area contributed by atoms with Crippen molar-refractivity contribution in [2.75, 3.05) is 44.3 Å². The number of carbonyl (C=O) groups excluding carboxylic acids is 1. The monoisotopic (exact) mass is 537 g/mol. The zero-order valence-electron chi connectivity index (χ0n) is 23.7. The number of aromatic amines is 1. The number of hydrogen-bond donors (Lipinski definition) is 2. The van der Waals surface area contributed by atoms with E-state index in [1.165, 1.54) is 5.69 Å². The van der Waals surface area contributed by atoms with Gasteiger partial charge in [-0.2, -0.15) is 5.10 Å². The summed E-state index contributed by atoms with van der Waals surface area (Å²) in [7, 11) is 0. The maximum atomic E-state index is 13.5. The van der Waals surface area contributed by atoms with Crippen molar-refractivity contribution >= 4 is 22.5 Å². The molecule has 1 aromatic heterocycles. The molecular weight excluding hydrogens is 498 g/mol. The van der Waals surface area contributed by atoms with E-state index in [1.54, 1.807) is 0 Å². The number of carbonyl (C=O) groups is 1. The third-order valence-corrected chi connectivity index (χ3v) is 8.08. The number of rotatable bonds is 7. The molecule has 1 atom stereocenters. The molecule has 0 spiro atoms. The molecule has 3 aromatic carbocycles. The molecule has 2 aliphatic rings. The van der Waals surface area contributed by atoms with Crippen LogP contribution in [0.25, 0.3) is 22.2 Å². The standard InChI is InChI=1S/C33H39N5O2/c1-33(2,3)20-30(23-7-5-4-6-8-23)34-32(39)25-11-14-29-28(19-25)31(36-35-29)24-9-12-26(13-10-24)38-21-27(22-38)37-15-17-40-18-16-37/h4-14,19,27,30H,15-18,20-22H2,1-3H3,(H,34,39)(H,35,36). The summed E-state index contributed by atoms with van der Waals surface area (Å²) < 4.78 is 5.50. The van der Waals surface area contributed by atoms with E-state index in [2.05, 4.69) is 82.5 Å². The summed E-state index contributed by atoms with van der Waals surface area (Å²) in [5.74, 6) is -0.0740. The van der Waals surface area contributed by atoms with Crippen LogP contribution in [0.4, 0.5) is 5.69 Å². The lowest BCUT2D eigenvalue weighted by Crippen LogP contribution is -2.61. The quantitative estimate of drug-likeness (QED) is 0.318. The van der Waals surface area contributed by atoms with Gasteiger partial charge in [0.15, 0.2) is 0 Å². The van der Waals surface area contributed by atoms with Gasteiger partial charge in [0.25, 0.3) is 5.91 Å². The number of nitrogens with one attached hydrogen (secondary N) is 2. The molecule has 2 fully saturated rings. The molecule has 1 unspecified atom stereocenters. The summed E-state index contributed by atoms with van der Waals surface area (Å²) in [5, 5.41) is 12.0. The minimum absolute atomic E-state index is 0.0647. The zero-order chi connectivity index (χ0) is 27.7. The van der Waals surface area contributed by atoms with Crippen LogP contribution < -0.4 is 10.2 Å². The fraction of sp³-hybridized carbons (Fsp3) is 0.394. The number of amides is 1. The van der Waals surface area contributed by atoms with E-state index in [9.17, 15) is 4.79 Å². The fourth-order valence-corrected chi connectivity index (χ4v) is 5.84. The molecule has 2 aliphatic heterocycles. The lowest BCUT2D eigenvalue weighted by atomic mass is 9.85. The highest BCUT2D eigenvalue weighted by Crippen LogP contribution is 2.32. The molecule has 0 saturated carbocycles. The first-order valence-electron chi connectivity index (χ1n) is 14.4. The van der Waals surface area contributed by atoms with Gasteiger partial charge in [0.2, 0.25) is 0 Å². The van der Waals surface area contributed by atoms with Crippen molar-refractivity contribution in [3.05, 3.63) is 83.9 Å². The van der Waals surface area contributed by atoms with E-state index in [-0.39, 0.29) is 17.4 Å². The number of morpholine rings is 1. The third-order valence-electron chi connectivity index (χ3n) is 8.08.